The maximum atomic E-state index is 4.34. The van der Waals surface area contributed by atoms with Crippen LogP contribution in [0, 0.1) is 6.92 Å². The van der Waals surface area contributed by atoms with Gasteiger partial charge >= 0.3 is 0 Å². The van der Waals surface area contributed by atoms with E-state index >= 15 is 0 Å². The number of aromatic nitrogens is 2. The molecular weight excluding hydrogens is 186 g/mol. The SMILES string of the molecule is Cc1cc(CNC2CC=CCC2)n(C)n1. The number of allylic oxidation sites excluding steroid dienone is 1. The zero-order valence-electron chi connectivity index (χ0n) is 9.53. The first kappa shape index (κ1) is 10.4. The molecule has 0 saturated carbocycles. The standard InChI is InChI=1S/C12H19N3/c1-10-8-12(15(2)14-10)9-13-11-6-4-3-5-7-11/h3-4,8,11,13H,5-7,9H2,1-2H3. The van der Waals surface area contributed by atoms with Crippen molar-refractivity contribution in [1.29, 1.82) is 0 Å². The van der Waals surface area contributed by atoms with Gasteiger partial charge in [0, 0.05) is 19.6 Å². The average molecular weight is 205 g/mol. The Hall–Kier alpha value is -1.09. The van der Waals surface area contributed by atoms with E-state index < -0.39 is 0 Å². The molecule has 0 aliphatic heterocycles. The van der Waals surface area contributed by atoms with Gasteiger partial charge in [0.2, 0.25) is 0 Å². The number of rotatable bonds is 3. The van der Waals surface area contributed by atoms with Crippen LogP contribution in [0.2, 0.25) is 0 Å². The zero-order chi connectivity index (χ0) is 10.7. The van der Waals surface area contributed by atoms with E-state index in [9.17, 15) is 0 Å². The lowest BCUT2D eigenvalue weighted by Gasteiger charge is -2.19. The Balaban J connectivity index is 1.87. The summed E-state index contributed by atoms with van der Waals surface area (Å²) in [4.78, 5) is 0. The van der Waals surface area contributed by atoms with Gasteiger partial charge in [0.05, 0.1) is 11.4 Å². The van der Waals surface area contributed by atoms with E-state index in [4.69, 9.17) is 0 Å². The van der Waals surface area contributed by atoms with Gasteiger partial charge < -0.3 is 5.32 Å². The summed E-state index contributed by atoms with van der Waals surface area (Å²) in [6, 6.07) is 2.79. The minimum atomic E-state index is 0.644. The third kappa shape index (κ3) is 2.69. The number of hydrogen-bond acceptors (Lipinski definition) is 2. The second kappa shape index (κ2) is 4.62. The Morgan fingerprint density at radius 1 is 1.53 bits per heavy atom. The van der Waals surface area contributed by atoms with Crippen molar-refractivity contribution in [2.75, 3.05) is 0 Å². The molecule has 1 aromatic heterocycles. The second-order valence-corrected chi connectivity index (χ2v) is 4.26. The third-order valence-electron chi connectivity index (χ3n) is 2.94. The maximum absolute atomic E-state index is 4.34. The summed E-state index contributed by atoms with van der Waals surface area (Å²) in [6.45, 7) is 2.96. The van der Waals surface area contributed by atoms with Crippen molar-refractivity contribution in [1.82, 2.24) is 15.1 Å². The molecule has 0 spiro atoms. The summed E-state index contributed by atoms with van der Waals surface area (Å²) in [5.41, 5.74) is 2.36. The number of nitrogens with one attached hydrogen (secondary N) is 1. The van der Waals surface area contributed by atoms with Crippen molar-refractivity contribution in [3.8, 4) is 0 Å². The maximum Gasteiger partial charge on any atom is 0.0597 e. The molecule has 1 heterocycles. The van der Waals surface area contributed by atoms with E-state index in [1.807, 2.05) is 18.7 Å². The van der Waals surface area contributed by atoms with E-state index in [1.54, 1.807) is 0 Å². The number of nitrogens with zero attached hydrogens (tertiary/aromatic N) is 2. The van der Waals surface area contributed by atoms with Gasteiger partial charge in [0.1, 0.15) is 0 Å². The Labute approximate surface area is 91.2 Å². The monoisotopic (exact) mass is 205 g/mol. The van der Waals surface area contributed by atoms with Crippen molar-refractivity contribution < 1.29 is 0 Å². The summed E-state index contributed by atoms with van der Waals surface area (Å²) in [6.07, 6.45) is 8.17. The molecule has 3 nitrogen and oxygen atoms in total. The summed E-state index contributed by atoms with van der Waals surface area (Å²) in [5, 5.41) is 7.92. The zero-order valence-corrected chi connectivity index (χ0v) is 9.53. The summed E-state index contributed by atoms with van der Waals surface area (Å²) >= 11 is 0. The highest BCUT2D eigenvalue weighted by Gasteiger charge is 2.10. The van der Waals surface area contributed by atoms with Gasteiger partial charge in [-0.3, -0.25) is 4.68 Å². The van der Waals surface area contributed by atoms with Crippen LogP contribution in [0.4, 0.5) is 0 Å². The predicted octanol–water partition coefficient (Wildman–Crippen LogP) is 1.93. The molecule has 0 bridgehead atoms. The molecule has 1 aliphatic carbocycles. The third-order valence-corrected chi connectivity index (χ3v) is 2.94. The van der Waals surface area contributed by atoms with Gasteiger partial charge in [-0.2, -0.15) is 5.10 Å². The molecule has 1 aliphatic rings. The molecule has 0 fully saturated rings. The van der Waals surface area contributed by atoms with Gasteiger partial charge in [0.25, 0.3) is 0 Å². The Bertz CT molecular complexity index is 352. The van der Waals surface area contributed by atoms with Gasteiger partial charge in [-0.05, 0) is 32.3 Å². The second-order valence-electron chi connectivity index (χ2n) is 4.26. The Kier molecular flexibility index (Phi) is 3.21. The molecule has 3 heteroatoms. The highest BCUT2D eigenvalue weighted by Crippen LogP contribution is 2.11. The quantitative estimate of drug-likeness (QED) is 0.764. The summed E-state index contributed by atoms with van der Waals surface area (Å²) in [7, 11) is 2.00. The molecule has 1 atom stereocenters. The summed E-state index contributed by atoms with van der Waals surface area (Å²) < 4.78 is 1.96. The molecule has 1 unspecified atom stereocenters. The highest BCUT2D eigenvalue weighted by atomic mass is 15.3. The fourth-order valence-electron chi connectivity index (χ4n) is 2.06. The molecule has 2 rings (SSSR count). The van der Waals surface area contributed by atoms with E-state index in [0.717, 1.165) is 18.7 Å². The van der Waals surface area contributed by atoms with Gasteiger partial charge in [-0.1, -0.05) is 12.2 Å². The first-order valence-electron chi connectivity index (χ1n) is 5.63. The van der Waals surface area contributed by atoms with Crippen LogP contribution in [0.5, 0.6) is 0 Å². The lowest BCUT2D eigenvalue weighted by atomic mass is 10.0. The van der Waals surface area contributed by atoms with Crippen LogP contribution in [0.1, 0.15) is 30.7 Å². The molecule has 1 aromatic rings. The smallest absolute Gasteiger partial charge is 0.0597 e. The molecular formula is C12H19N3. The minimum absolute atomic E-state index is 0.644. The minimum Gasteiger partial charge on any atom is -0.308 e. The van der Waals surface area contributed by atoms with Gasteiger partial charge in [-0.25, -0.2) is 0 Å². The van der Waals surface area contributed by atoms with Crippen LogP contribution >= 0.6 is 0 Å². The van der Waals surface area contributed by atoms with E-state index in [1.165, 1.54) is 18.5 Å². The first-order valence-corrected chi connectivity index (χ1v) is 5.63. The van der Waals surface area contributed by atoms with Crippen LogP contribution in [0.15, 0.2) is 18.2 Å². The molecule has 1 N–H and O–H groups in total. The van der Waals surface area contributed by atoms with Gasteiger partial charge in [-0.15, -0.1) is 0 Å². The predicted molar refractivity (Wildman–Crippen MR) is 61.6 cm³/mol. The Morgan fingerprint density at radius 3 is 3.00 bits per heavy atom. The van der Waals surface area contributed by atoms with Crippen molar-refractivity contribution >= 4 is 0 Å². The van der Waals surface area contributed by atoms with Crippen molar-refractivity contribution in [3.05, 3.63) is 29.6 Å². The topological polar surface area (TPSA) is 29.9 Å². The van der Waals surface area contributed by atoms with Crippen LogP contribution in [-0.4, -0.2) is 15.8 Å². The van der Waals surface area contributed by atoms with Crippen molar-refractivity contribution in [2.45, 2.75) is 38.8 Å². The fraction of sp³-hybridized carbons (Fsp3) is 0.583. The normalized spacial score (nSPS) is 20.8. The van der Waals surface area contributed by atoms with Crippen LogP contribution in [-0.2, 0) is 13.6 Å². The molecule has 0 saturated heterocycles. The first-order chi connectivity index (χ1) is 7.25. The molecule has 0 amide bonds. The molecule has 82 valence electrons. The van der Waals surface area contributed by atoms with E-state index in [2.05, 4.69) is 28.6 Å². The lowest BCUT2D eigenvalue weighted by Crippen LogP contribution is -2.29. The van der Waals surface area contributed by atoms with Crippen LogP contribution in [0.25, 0.3) is 0 Å². The van der Waals surface area contributed by atoms with E-state index in [0.29, 0.717) is 6.04 Å². The van der Waals surface area contributed by atoms with Crippen LogP contribution in [0.3, 0.4) is 0 Å². The fourth-order valence-corrected chi connectivity index (χ4v) is 2.06. The molecule has 15 heavy (non-hydrogen) atoms. The van der Waals surface area contributed by atoms with Crippen molar-refractivity contribution in [3.63, 3.8) is 0 Å². The van der Waals surface area contributed by atoms with Crippen molar-refractivity contribution in [2.24, 2.45) is 7.05 Å². The highest BCUT2D eigenvalue weighted by molar-refractivity contribution is 5.08. The van der Waals surface area contributed by atoms with Crippen LogP contribution < -0.4 is 5.32 Å². The molecule has 0 aromatic carbocycles. The Morgan fingerprint density at radius 2 is 2.40 bits per heavy atom. The average Bonchev–Trinajstić information content (AvgIpc) is 2.56. The number of hydrogen-bond donors (Lipinski definition) is 1. The largest absolute Gasteiger partial charge is 0.308 e. The number of aryl methyl sites for hydroxylation is 2. The van der Waals surface area contributed by atoms with Gasteiger partial charge in [0.15, 0.2) is 0 Å². The lowest BCUT2D eigenvalue weighted by molar-refractivity contribution is 0.464. The summed E-state index contributed by atoms with van der Waals surface area (Å²) in [5.74, 6) is 0. The molecule has 0 radical (unpaired) electrons. The van der Waals surface area contributed by atoms with E-state index in [-0.39, 0.29) is 0 Å².